The number of esters is 1. The average molecular weight is 421 g/mol. The van der Waals surface area contributed by atoms with Gasteiger partial charge < -0.3 is 19.7 Å². The number of aliphatic imine (C=N–C) groups is 1. The maximum absolute atomic E-state index is 13.9. The smallest absolute Gasteiger partial charge is 0.309 e. The molecule has 1 aromatic rings. The lowest BCUT2D eigenvalue weighted by atomic mass is 9.97. The Labute approximate surface area is 178 Å². The zero-order valence-corrected chi connectivity index (χ0v) is 18.0. The summed E-state index contributed by atoms with van der Waals surface area (Å²) in [5, 5.41) is 3.48. The quantitative estimate of drug-likeness (QED) is 0.432. The van der Waals surface area contributed by atoms with Crippen molar-refractivity contribution in [3.8, 4) is 0 Å². The van der Waals surface area contributed by atoms with Crippen LogP contribution in [0.2, 0.25) is 0 Å². The van der Waals surface area contributed by atoms with E-state index in [0.717, 1.165) is 50.5 Å². The van der Waals surface area contributed by atoms with Gasteiger partial charge in [0.15, 0.2) is 5.96 Å². The van der Waals surface area contributed by atoms with Crippen LogP contribution < -0.4 is 5.32 Å². The summed E-state index contributed by atoms with van der Waals surface area (Å²) in [5.74, 6) is 0.453. The Balaban J connectivity index is 1.61. The summed E-state index contributed by atoms with van der Waals surface area (Å²) in [5.41, 5.74) is 0.945. The molecule has 2 aliphatic rings. The van der Waals surface area contributed by atoms with E-state index in [1.807, 2.05) is 13.0 Å². The molecule has 0 spiro atoms. The van der Waals surface area contributed by atoms with Gasteiger partial charge in [0.05, 0.1) is 31.8 Å². The first kappa shape index (κ1) is 22.5. The predicted octanol–water partition coefficient (Wildman–Crippen LogP) is 2.05. The van der Waals surface area contributed by atoms with Crippen molar-refractivity contribution in [1.29, 1.82) is 0 Å². The van der Waals surface area contributed by atoms with Crippen LogP contribution in [-0.4, -0.2) is 81.3 Å². The van der Waals surface area contributed by atoms with Gasteiger partial charge in [0, 0.05) is 39.8 Å². The number of rotatable bonds is 6. The third kappa shape index (κ3) is 5.92. The van der Waals surface area contributed by atoms with Crippen molar-refractivity contribution in [2.24, 2.45) is 10.9 Å². The zero-order chi connectivity index (χ0) is 21.3. The highest BCUT2D eigenvalue weighted by atomic mass is 19.1. The van der Waals surface area contributed by atoms with Crippen LogP contribution in [0.5, 0.6) is 0 Å². The summed E-state index contributed by atoms with van der Waals surface area (Å²) >= 11 is 0. The average Bonchev–Trinajstić information content (AvgIpc) is 2.78. The van der Waals surface area contributed by atoms with Crippen molar-refractivity contribution in [3.05, 3.63) is 35.6 Å². The van der Waals surface area contributed by atoms with Crippen LogP contribution in [0, 0.1) is 11.7 Å². The molecule has 0 bridgehead atoms. The Kier molecular flexibility index (Phi) is 8.45. The number of carbonyl (C=O) groups is 1. The Bertz CT molecular complexity index is 716. The number of carbonyl (C=O) groups excluding carboxylic acids is 1. The Morgan fingerprint density at radius 3 is 2.67 bits per heavy atom. The van der Waals surface area contributed by atoms with Crippen LogP contribution in [0.15, 0.2) is 29.3 Å². The van der Waals surface area contributed by atoms with E-state index in [2.05, 4.69) is 20.1 Å². The first-order valence-corrected chi connectivity index (χ1v) is 10.8. The molecule has 0 radical (unpaired) electrons. The highest BCUT2D eigenvalue weighted by molar-refractivity contribution is 5.80. The molecule has 2 fully saturated rings. The number of guanidine groups is 1. The van der Waals surface area contributed by atoms with Crippen LogP contribution >= 0.6 is 0 Å². The van der Waals surface area contributed by atoms with Crippen molar-refractivity contribution in [2.75, 3.05) is 59.6 Å². The van der Waals surface area contributed by atoms with Gasteiger partial charge in [-0.25, -0.2) is 4.39 Å². The monoisotopic (exact) mass is 420 g/mol. The fraction of sp³-hybridized carbons (Fsp3) is 0.636. The van der Waals surface area contributed by atoms with E-state index < -0.39 is 0 Å². The van der Waals surface area contributed by atoms with Crippen molar-refractivity contribution in [1.82, 2.24) is 15.1 Å². The number of piperidine rings is 1. The maximum atomic E-state index is 13.9. The van der Waals surface area contributed by atoms with Crippen LogP contribution in [0.1, 0.15) is 31.4 Å². The van der Waals surface area contributed by atoms with Crippen molar-refractivity contribution in [2.45, 2.75) is 25.8 Å². The first-order valence-electron chi connectivity index (χ1n) is 10.8. The standard InChI is InChI=1S/C22H33FN4O3/c1-3-30-21(28)17-7-9-27(10-8-17)22(24-2)25-16-20(26-11-13-29-14-12-26)18-5-4-6-19(23)15-18/h4-6,15,17,20H,3,7-14,16H2,1-2H3,(H,24,25). The third-order valence-electron chi connectivity index (χ3n) is 5.80. The van der Waals surface area contributed by atoms with E-state index >= 15 is 0 Å². The Morgan fingerprint density at radius 2 is 2.03 bits per heavy atom. The number of hydrogen-bond acceptors (Lipinski definition) is 5. The highest BCUT2D eigenvalue weighted by Gasteiger charge is 2.28. The molecule has 1 N–H and O–H groups in total. The van der Waals surface area contributed by atoms with Crippen molar-refractivity contribution in [3.63, 3.8) is 0 Å². The minimum Gasteiger partial charge on any atom is -0.466 e. The molecule has 7 nitrogen and oxygen atoms in total. The number of likely N-dealkylation sites (tertiary alicyclic amines) is 1. The zero-order valence-electron chi connectivity index (χ0n) is 18.0. The normalized spacial score (nSPS) is 20.1. The van der Waals surface area contributed by atoms with E-state index in [1.165, 1.54) is 6.07 Å². The number of morpholine rings is 1. The molecule has 2 aliphatic heterocycles. The summed E-state index contributed by atoms with van der Waals surface area (Å²) in [6.07, 6.45) is 1.52. The Hall–Kier alpha value is -2.19. The molecule has 1 aromatic carbocycles. The van der Waals surface area contributed by atoms with Gasteiger partial charge in [-0.1, -0.05) is 12.1 Å². The molecule has 0 aliphatic carbocycles. The lowest BCUT2D eigenvalue weighted by Crippen LogP contribution is -2.50. The molecule has 0 aromatic heterocycles. The number of ether oxygens (including phenoxy) is 2. The molecule has 166 valence electrons. The first-order chi connectivity index (χ1) is 14.6. The molecule has 0 amide bonds. The van der Waals surface area contributed by atoms with E-state index in [-0.39, 0.29) is 23.7 Å². The summed E-state index contributed by atoms with van der Waals surface area (Å²) in [6, 6.07) is 6.83. The number of benzene rings is 1. The molecule has 3 rings (SSSR count). The lowest BCUT2D eigenvalue weighted by Gasteiger charge is -2.37. The number of nitrogens with one attached hydrogen (secondary N) is 1. The summed E-state index contributed by atoms with van der Waals surface area (Å²) in [4.78, 5) is 20.9. The topological polar surface area (TPSA) is 66.4 Å². The fourth-order valence-corrected chi connectivity index (χ4v) is 4.17. The van der Waals surface area contributed by atoms with E-state index in [1.54, 1.807) is 19.2 Å². The van der Waals surface area contributed by atoms with Crippen LogP contribution in [0.4, 0.5) is 4.39 Å². The van der Waals surface area contributed by atoms with Gasteiger partial charge in [-0.2, -0.15) is 0 Å². The van der Waals surface area contributed by atoms with Gasteiger partial charge in [0.25, 0.3) is 0 Å². The molecule has 8 heteroatoms. The molecule has 1 atom stereocenters. The van der Waals surface area contributed by atoms with Gasteiger partial charge >= 0.3 is 5.97 Å². The molecule has 30 heavy (non-hydrogen) atoms. The minimum absolute atomic E-state index is 0.0263. The lowest BCUT2D eigenvalue weighted by molar-refractivity contribution is -0.149. The fourth-order valence-electron chi connectivity index (χ4n) is 4.17. The molecule has 0 saturated carbocycles. The SMILES string of the molecule is CCOC(=O)C1CCN(C(=NC)NCC(c2cccc(F)c2)N2CCOCC2)CC1. The number of nitrogens with zero attached hydrogens (tertiary/aromatic N) is 3. The predicted molar refractivity (Wildman–Crippen MR) is 114 cm³/mol. The van der Waals surface area contributed by atoms with Gasteiger partial charge in [-0.15, -0.1) is 0 Å². The largest absolute Gasteiger partial charge is 0.466 e. The molecule has 2 heterocycles. The van der Waals surface area contributed by atoms with E-state index in [0.29, 0.717) is 26.4 Å². The molecule has 2 saturated heterocycles. The number of halogens is 1. The highest BCUT2D eigenvalue weighted by Crippen LogP contribution is 2.23. The van der Waals surface area contributed by atoms with Crippen LogP contribution in [0.3, 0.4) is 0 Å². The molecular weight excluding hydrogens is 387 g/mol. The van der Waals surface area contributed by atoms with Gasteiger partial charge in [-0.3, -0.25) is 14.7 Å². The van der Waals surface area contributed by atoms with Crippen molar-refractivity contribution < 1.29 is 18.7 Å². The summed E-state index contributed by atoms with van der Waals surface area (Å²) < 4.78 is 24.5. The second-order valence-electron chi connectivity index (χ2n) is 7.66. The maximum Gasteiger partial charge on any atom is 0.309 e. The van der Waals surface area contributed by atoms with Crippen molar-refractivity contribution >= 4 is 11.9 Å². The second kappa shape index (κ2) is 11.3. The van der Waals surface area contributed by atoms with E-state index in [4.69, 9.17) is 9.47 Å². The minimum atomic E-state index is -0.226. The van der Waals surface area contributed by atoms with E-state index in [9.17, 15) is 9.18 Å². The van der Waals surface area contributed by atoms with Gasteiger partial charge in [0.1, 0.15) is 5.82 Å². The van der Waals surface area contributed by atoms with Crippen LogP contribution in [-0.2, 0) is 14.3 Å². The third-order valence-corrected chi connectivity index (χ3v) is 5.80. The number of hydrogen-bond donors (Lipinski definition) is 1. The van der Waals surface area contributed by atoms with Gasteiger partial charge in [-0.05, 0) is 37.5 Å². The van der Waals surface area contributed by atoms with Gasteiger partial charge in [0.2, 0.25) is 0 Å². The summed E-state index contributed by atoms with van der Waals surface area (Å²) in [7, 11) is 1.77. The second-order valence-corrected chi connectivity index (χ2v) is 7.66. The summed E-state index contributed by atoms with van der Waals surface area (Å²) in [6.45, 7) is 7.38. The van der Waals surface area contributed by atoms with Crippen LogP contribution in [0.25, 0.3) is 0 Å². The Morgan fingerprint density at radius 1 is 1.30 bits per heavy atom. The molecular formula is C22H33FN4O3. The molecule has 1 unspecified atom stereocenters.